The van der Waals surface area contributed by atoms with E-state index in [1.807, 2.05) is 0 Å². The topological polar surface area (TPSA) is 17.1 Å². The molecule has 0 atom stereocenters. The zero-order chi connectivity index (χ0) is 20.2. The van der Waals surface area contributed by atoms with Crippen molar-refractivity contribution in [2.24, 2.45) is 0 Å². The third-order valence-corrected chi connectivity index (χ3v) is 14.9. The average Bonchev–Trinajstić information content (AvgIpc) is 2.73. The molecule has 0 aromatic heterocycles. The van der Waals surface area contributed by atoms with E-state index in [0.717, 1.165) is 12.8 Å². The van der Waals surface area contributed by atoms with Gasteiger partial charge in [0.2, 0.25) is 0 Å². The summed E-state index contributed by atoms with van der Waals surface area (Å²) in [5.74, 6) is 0.304. The molecule has 0 heterocycles. The maximum atomic E-state index is 11.1. The summed E-state index contributed by atoms with van der Waals surface area (Å²) in [5, 5.41) is 1.19. The van der Waals surface area contributed by atoms with E-state index >= 15 is 0 Å². The number of carbonyl (C=O) groups is 1. The molecular formula is C25H30GeOSn. The standard InChI is InChI=1S/C17H19GeO.C6H5.2CH3.Sn/c1-15(19)9-8-14-18(16-10-4-2-5-11-16)17-12-6-3-7-13-17;1-2-4-6-5-3-1;;;/h2-7,10-13H,8-9,14H2,1H3;1-5H;2*1H3;. The molecule has 0 fully saturated rings. The van der Waals surface area contributed by atoms with Crippen molar-refractivity contribution in [3.63, 3.8) is 0 Å². The Morgan fingerprint density at radius 3 is 1.54 bits per heavy atom. The molecule has 0 aliphatic rings. The third kappa shape index (κ3) is 8.36. The Hall–Kier alpha value is -1.33. The summed E-state index contributed by atoms with van der Waals surface area (Å²) in [7, 11) is 0. The van der Waals surface area contributed by atoms with E-state index in [0.29, 0.717) is 5.78 Å². The van der Waals surface area contributed by atoms with E-state index in [-0.39, 0.29) is 0 Å². The zero-order valence-corrected chi connectivity index (χ0v) is 22.1. The summed E-state index contributed by atoms with van der Waals surface area (Å²) in [5.41, 5.74) is 0. The van der Waals surface area contributed by atoms with Crippen LogP contribution in [-0.2, 0) is 4.79 Å². The Labute approximate surface area is 182 Å². The van der Waals surface area contributed by atoms with Crippen LogP contribution in [0.5, 0.6) is 0 Å². The summed E-state index contributed by atoms with van der Waals surface area (Å²) < 4.78 is 4.61. The molecule has 3 aromatic carbocycles. The molecular weight excluding hydrogens is 508 g/mol. The molecule has 3 aromatic rings. The number of benzene rings is 3. The van der Waals surface area contributed by atoms with Crippen molar-refractivity contribution in [1.29, 1.82) is 0 Å². The monoisotopic (exact) mass is 540 g/mol. The summed E-state index contributed by atoms with van der Waals surface area (Å²) in [6.45, 7) is 1.69. The van der Waals surface area contributed by atoms with Crippen LogP contribution in [-0.4, -0.2) is 39.9 Å². The van der Waals surface area contributed by atoms with Crippen molar-refractivity contribution < 1.29 is 4.79 Å². The van der Waals surface area contributed by atoms with Crippen molar-refractivity contribution in [1.82, 2.24) is 0 Å². The first-order valence-electron chi connectivity index (χ1n) is 9.89. The van der Waals surface area contributed by atoms with E-state index in [1.165, 1.54) is 14.0 Å². The average molecular weight is 538 g/mol. The second kappa shape index (κ2) is 13.0. The molecule has 28 heavy (non-hydrogen) atoms. The van der Waals surface area contributed by atoms with Gasteiger partial charge in [-0.1, -0.05) is 0 Å². The normalized spacial score (nSPS) is 10.5. The molecule has 0 N–H and O–H groups in total. The quantitative estimate of drug-likeness (QED) is 0.411. The van der Waals surface area contributed by atoms with E-state index in [4.69, 9.17) is 0 Å². The van der Waals surface area contributed by atoms with Crippen molar-refractivity contribution >= 4 is 52.3 Å². The maximum absolute atomic E-state index is 11.1. The van der Waals surface area contributed by atoms with Gasteiger partial charge in [-0.2, -0.15) is 0 Å². The Kier molecular flexibility index (Phi) is 10.7. The first kappa shape index (κ1) is 23.0. The second-order valence-electron chi connectivity index (χ2n) is 7.13. The minimum atomic E-state index is -1.47. The van der Waals surface area contributed by atoms with Gasteiger partial charge >= 0.3 is 183 Å². The van der Waals surface area contributed by atoms with Gasteiger partial charge < -0.3 is 0 Å². The van der Waals surface area contributed by atoms with Gasteiger partial charge in [-0.05, 0) is 0 Å². The molecule has 0 aliphatic carbocycles. The van der Waals surface area contributed by atoms with Crippen LogP contribution in [0.2, 0.25) is 15.1 Å². The van der Waals surface area contributed by atoms with E-state index in [2.05, 4.69) is 101 Å². The number of Topliss-reactive ketones (excluding diaryl/α,β-unsaturated/α-hetero) is 1. The van der Waals surface area contributed by atoms with Gasteiger partial charge in [-0.3, -0.25) is 0 Å². The van der Waals surface area contributed by atoms with Crippen LogP contribution in [0.25, 0.3) is 0 Å². The fraction of sp³-hybridized carbons (Fsp3) is 0.240. The first-order chi connectivity index (χ1) is 13.6. The first-order valence-corrected chi connectivity index (χ1v) is 20.6. The Balaban J connectivity index is 0.000000261. The van der Waals surface area contributed by atoms with Crippen LogP contribution in [0.15, 0.2) is 91.0 Å². The molecule has 3 rings (SSSR count). The van der Waals surface area contributed by atoms with Crippen LogP contribution in [0, 0.1) is 0 Å². The van der Waals surface area contributed by atoms with Crippen LogP contribution in [0.4, 0.5) is 0 Å². The molecule has 0 saturated heterocycles. The SMILES string of the molecule is CC(=O)CC[CH2][Ge]([c]1ccccc1)[c]1ccccc1.[CH3][Sn]([CH3])[c]1ccccc1. The van der Waals surface area contributed by atoms with Gasteiger partial charge in [0.05, 0.1) is 0 Å². The Bertz CT molecular complexity index is 764. The molecule has 2 radical (unpaired) electrons. The number of hydrogen-bond donors (Lipinski definition) is 0. The second-order valence-corrected chi connectivity index (χ2v) is 20.0. The van der Waals surface area contributed by atoms with Crippen LogP contribution in [0.1, 0.15) is 19.8 Å². The summed E-state index contributed by atoms with van der Waals surface area (Å²) in [6.07, 6.45) is 1.74. The summed E-state index contributed by atoms with van der Waals surface area (Å²) >= 11 is -2.49. The van der Waals surface area contributed by atoms with Crippen molar-refractivity contribution in [2.45, 2.75) is 34.9 Å². The molecule has 0 bridgehead atoms. The van der Waals surface area contributed by atoms with Crippen LogP contribution >= 0.6 is 0 Å². The zero-order valence-electron chi connectivity index (χ0n) is 17.2. The van der Waals surface area contributed by atoms with Crippen LogP contribution < -0.4 is 12.4 Å². The van der Waals surface area contributed by atoms with Gasteiger partial charge in [0, 0.05) is 0 Å². The minimum absolute atomic E-state index is 0.304. The Morgan fingerprint density at radius 2 is 1.18 bits per heavy atom. The van der Waals surface area contributed by atoms with Crippen molar-refractivity contribution in [2.75, 3.05) is 0 Å². The van der Waals surface area contributed by atoms with Crippen LogP contribution in [0.3, 0.4) is 0 Å². The molecule has 0 saturated carbocycles. The fourth-order valence-electron chi connectivity index (χ4n) is 3.02. The van der Waals surface area contributed by atoms with Crippen molar-refractivity contribution in [3.05, 3.63) is 91.0 Å². The summed E-state index contributed by atoms with van der Waals surface area (Å²) in [4.78, 5) is 15.9. The predicted octanol–water partition coefficient (Wildman–Crippen LogP) is 4.31. The van der Waals surface area contributed by atoms with Gasteiger partial charge in [0.25, 0.3) is 0 Å². The summed E-state index contributed by atoms with van der Waals surface area (Å²) in [6, 6.07) is 32.4. The fourth-order valence-corrected chi connectivity index (χ4v) is 11.0. The van der Waals surface area contributed by atoms with E-state index in [1.54, 1.807) is 10.5 Å². The predicted molar refractivity (Wildman–Crippen MR) is 126 cm³/mol. The van der Waals surface area contributed by atoms with Gasteiger partial charge in [-0.15, -0.1) is 0 Å². The molecule has 0 spiro atoms. The number of ketones is 1. The number of rotatable bonds is 7. The van der Waals surface area contributed by atoms with Gasteiger partial charge in [-0.25, -0.2) is 0 Å². The number of carbonyl (C=O) groups excluding carboxylic acids is 1. The van der Waals surface area contributed by atoms with E-state index < -0.39 is 34.1 Å². The number of hydrogen-bond acceptors (Lipinski definition) is 1. The molecule has 3 heteroatoms. The molecule has 0 unspecified atom stereocenters. The van der Waals surface area contributed by atoms with Gasteiger partial charge in [0.15, 0.2) is 0 Å². The van der Waals surface area contributed by atoms with Crippen molar-refractivity contribution in [3.8, 4) is 0 Å². The van der Waals surface area contributed by atoms with E-state index in [9.17, 15) is 4.79 Å². The molecule has 0 amide bonds. The molecule has 144 valence electrons. The third-order valence-electron chi connectivity index (χ3n) is 4.55. The molecule has 1 nitrogen and oxygen atoms in total. The molecule has 0 aliphatic heterocycles. The van der Waals surface area contributed by atoms with Gasteiger partial charge in [0.1, 0.15) is 0 Å². The Morgan fingerprint density at radius 1 is 0.750 bits per heavy atom.